The number of rotatable bonds is 7. The highest BCUT2D eigenvalue weighted by molar-refractivity contribution is 5.97. The molecule has 0 spiro atoms. The van der Waals surface area contributed by atoms with Crippen molar-refractivity contribution in [1.82, 2.24) is 4.90 Å². The summed E-state index contributed by atoms with van der Waals surface area (Å²) in [5.74, 6) is 0.0418. The van der Waals surface area contributed by atoms with E-state index in [0.717, 1.165) is 11.1 Å². The second-order valence-corrected chi connectivity index (χ2v) is 4.89. The highest BCUT2D eigenvalue weighted by Gasteiger charge is 2.19. The number of nitrogens with zero attached hydrogens (tertiary/aromatic N) is 2. The van der Waals surface area contributed by atoms with Gasteiger partial charge in [0, 0.05) is 32.2 Å². The van der Waals surface area contributed by atoms with E-state index in [1.165, 1.54) is 0 Å². The van der Waals surface area contributed by atoms with E-state index in [-0.39, 0.29) is 11.7 Å². The van der Waals surface area contributed by atoms with E-state index in [4.69, 9.17) is 15.7 Å². The standard InChI is InChI=1S/C15H23N3O3/c1-11-5-4-6-12(2)14(11)15(19)18(9-10-21-3)8-7-13(16)17-20/h4-6,20H,7-10H2,1-3H3,(H2,16,17). The van der Waals surface area contributed by atoms with Crippen LogP contribution in [0.15, 0.2) is 23.4 Å². The molecule has 1 rings (SSSR count). The Morgan fingerprint density at radius 2 is 1.95 bits per heavy atom. The van der Waals surface area contributed by atoms with Crippen molar-refractivity contribution in [3.63, 3.8) is 0 Å². The van der Waals surface area contributed by atoms with Gasteiger partial charge in [0.2, 0.25) is 0 Å². The second kappa shape index (κ2) is 8.26. The van der Waals surface area contributed by atoms with E-state index in [0.29, 0.717) is 31.7 Å². The molecule has 0 aliphatic carbocycles. The number of methoxy groups -OCH3 is 1. The maximum Gasteiger partial charge on any atom is 0.254 e. The zero-order valence-corrected chi connectivity index (χ0v) is 12.8. The molecule has 0 saturated carbocycles. The Morgan fingerprint density at radius 3 is 2.48 bits per heavy atom. The topological polar surface area (TPSA) is 88.2 Å². The van der Waals surface area contributed by atoms with Gasteiger partial charge in [0.25, 0.3) is 5.91 Å². The first-order chi connectivity index (χ1) is 10.0. The molecule has 1 aromatic rings. The second-order valence-electron chi connectivity index (χ2n) is 4.89. The van der Waals surface area contributed by atoms with Gasteiger partial charge in [0.1, 0.15) is 5.84 Å². The van der Waals surface area contributed by atoms with Crippen molar-refractivity contribution < 1.29 is 14.7 Å². The van der Waals surface area contributed by atoms with Gasteiger partial charge >= 0.3 is 0 Å². The fourth-order valence-corrected chi connectivity index (χ4v) is 2.13. The molecular formula is C15H23N3O3. The summed E-state index contributed by atoms with van der Waals surface area (Å²) in [4.78, 5) is 14.4. The summed E-state index contributed by atoms with van der Waals surface area (Å²) in [7, 11) is 1.59. The van der Waals surface area contributed by atoms with E-state index >= 15 is 0 Å². The average molecular weight is 293 g/mol. The first-order valence-electron chi connectivity index (χ1n) is 6.82. The number of carbonyl (C=O) groups excluding carboxylic acids is 1. The Labute approximate surface area is 125 Å². The normalized spacial score (nSPS) is 11.5. The monoisotopic (exact) mass is 293 g/mol. The Hall–Kier alpha value is -2.08. The maximum absolute atomic E-state index is 12.7. The van der Waals surface area contributed by atoms with Crippen LogP contribution in [-0.4, -0.2) is 48.7 Å². The molecule has 0 bridgehead atoms. The number of hydrogen-bond acceptors (Lipinski definition) is 4. The summed E-state index contributed by atoms with van der Waals surface area (Å²) in [5.41, 5.74) is 8.05. The van der Waals surface area contributed by atoms with Crippen LogP contribution in [-0.2, 0) is 4.74 Å². The summed E-state index contributed by atoms with van der Waals surface area (Å²) >= 11 is 0. The molecule has 0 fully saturated rings. The van der Waals surface area contributed by atoms with Crippen LogP contribution in [0.4, 0.5) is 0 Å². The number of carbonyl (C=O) groups is 1. The van der Waals surface area contributed by atoms with Crippen molar-refractivity contribution in [3.8, 4) is 0 Å². The third-order valence-electron chi connectivity index (χ3n) is 3.31. The van der Waals surface area contributed by atoms with Crippen molar-refractivity contribution in [2.45, 2.75) is 20.3 Å². The van der Waals surface area contributed by atoms with Crippen LogP contribution in [0.1, 0.15) is 27.9 Å². The Kier molecular flexibility index (Phi) is 6.68. The lowest BCUT2D eigenvalue weighted by Gasteiger charge is -2.24. The molecule has 21 heavy (non-hydrogen) atoms. The number of ether oxygens (including phenoxy) is 1. The molecule has 116 valence electrons. The van der Waals surface area contributed by atoms with Crippen LogP contribution in [0, 0.1) is 13.8 Å². The maximum atomic E-state index is 12.7. The summed E-state index contributed by atoms with van der Waals surface area (Å²) in [6.45, 7) is 5.11. The third-order valence-corrected chi connectivity index (χ3v) is 3.31. The zero-order valence-electron chi connectivity index (χ0n) is 12.8. The predicted octanol–water partition coefficient (Wildman–Crippen LogP) is 1.53. The van der Waals surface area contributed by atoms with Crippen molar-refractivity contribution >= 4 is 11.7 Å². The molecule has 0 atom stereocenters. The van der Waals surface area contributed by atoms with Crippen LogP contribution in [0.3, 0.4) is 0 Å². The highest BCUT2D eigenvalue weighted by atomic mass is 16.5. The number of hydrogen-bond donors (Lipinski definition) is 2. The van der Waals surface area contributed by atoms with E-state index in [9.17, 15) is 4.79 Å². The highest BCUT2D eigenvalue weighted by Crippen LogP contribution is 2.16. The van der Waals surface area contributed by atoms with Gasteiger partial charge in [-0.3, -0.25) is 4.79 Å². The minimum atomic E-state index is -0.0617. The summed E-state index contributed by atoms with van der Waals surface area (Å²) in [5, 5.41) is 11.5. The molecule has 6 heteroatoms. The van der Waals surface area contributed by atoms with Crippen molar-refractivity contribution in [2.24, 2.45) is 10.9 Å². The smallest absolute Gasteiger partial charge is 0.254 e. The number of oxime groups is 1. The lowest BCUT2D eigenvalue weighted by molar-refractivity contribution is 0.0699. The van der Waals surface area contributed by atoms with Crippen LogP contribution in [0.5, 0.6) is 0 Å². The van der Waals surface area contributed by atoms with Gasteiger partial charge in [-0.2, -0.15) is 0 Å². The zero-order chi connectivity index (χ0) is 15.8. The molecule has 0 aromatic heterocycles. The lowest BCUT2D eigenvalue weighted by atomic mass is 10.0. The number of nitrogens with two attached hydrogens (primary N) is 1. The van der Waals surface area contributed by atoms with Crippen LogP contribution >= 0.6 is 0 Å². The minimum absolute atomic E-state index is 0.0617. The van der Waals surface area contributed by atoms with Crippen LogP contribution < -0.4 is 5.73 Å². The Balaban J connectivity index is 2.93. The Bertz CT molecular complexity index is 495. The molecule has 0 unspecified atom stereocenters. The van der Waals surface area contributed by atoms with Crippen LogP contribution in [0.2, 0.25) is 0 Å². The van der Waals surface area contributed by atoms with Gasteiger partial charge < -0.3 is 20.6 Å². The molecular weight excluding hydrogens is 270 g/mol. The third kappa shape index (κ3) is 4.75. The molecule has 3 N–H and O–H groups in total. The van der Waals surface area contributed by atoms with Gasteiger partial charge in [0.15, 0.2) is 0 Å². The molecule has 0 radical (unpaired) electrons. The lowest BCUT2D eigenvalue weighted by Crippen LogP contribution is -2.37. The molecule has 1 amide bonds. The minimum Gasteiger partial charge on any atom is -0.409 e. The SMILES string of the molecule is COCCN(CC/C(N)=N/O)C(=O)c1c(C)cccc1C. The molecule has 0 aliphatic heterocycles. The first kappa shape index (κ1) is 17.0. The average Bonchev–Trinajstić information content (AvgIpc) is 2.46. The van der Waals surface area contributed by atoms with E-state index in [2.05, 4.69) is 5.16 Å². The van der Waals surface area contributed by atoms with Crippen LogP contribution in [0.25, 0.3) is 0 Å². The largest absolute Gasteiger partial charge is 0.409 e. The van der Waals surface area contributed by atoms with Gasteiger partial charge in [-0.15, -0.1) is 0 Å². The van der Waals surface area contributed by atoms with Crippen molar-refractivity contribution in [2.75, 3.05) is 26.8 Å². The number of amidine groups is 1. The Morgan fingerprint density at radius 1 is 1.33 bits per heavy atom. The van der Waals surface area contributed by atoms with E-state index < -0.39 is 0 Å². The number of benzene rings is 1. The molecule has 1 aromatic carbocycles. The van der Waals surface area contributed by atoms with Gasteiger partial charge in [-0.25, -0.2) is 0 Å². The van der Waals surface area contributed by atoms with E-state index in [1.54, 1.807) is 12.0 Å². The van der Waals surface area contributed by atoms with Crippen molar-refractivity contribution in [1.29, 1.82) is 0 Å². The van der Waals surface area contributed by atoms with E-state index in [1.807, 2.05) is 32.0 Å². The fourth-order valence-electron chi connectivity index (χ4n) is 2.13. The van der Waals surface area contributed by atoms with Gasteiger partial charge in [-0.05, 0) is 25.0 Å². The summed E-state index contributed by atoms with van der Waals surface area (Å²) in [6.07, 6.45) is 0.316. The molecule has 0 heterocycles. The number of amides is 1. The molecule has 6 nitrogen and oxygen atoms in total. The first-order valence-corrected chi connectivity index (χ1v) is 6.82. The summed E-state index contributed by atoms with van der Waals surface area (Å²) < 4.78 is 5.05. The quantitative estimate of drug-likeness (QED) is 0.345. The number of aryl methyl sites for hydroxylation is 2. The summed E-state index contributed by atoms with van der Waals surface area (Å²) in [6, 6.07) is 5.76. The molecule has 0 saturated heterocycles. The van der Waals surface area contributed by atoms with Crippen molar-refractivity contribution in [3.05, 3.63) is 34.9 Å². The van der Waals surface area contributed by atoms with Gasteiger partial charge in [-0.1, -0.05) is 23.4 Å². The molecule has 0 aliphatic rings. The fraction of sp³-hybridized carbons (Fsp3) is 0.467. The van der Waals surface area contributed by atoms with Gasteiger partial charge in [0.05, 0.1) is 6.61 Å². The predicted molar refractivity (Wildman–Crippen MR) is 81.7 cm³/mol.